The fourth-order valence-electron chi connectivity index (χ4n) is 3.49. The normalized spacial score (nSPS) is 30.4. The van der Waals surface area contributed by atoms with E-state index < -0.39 is 30.0 Å². The number of ether oxygens (including phenoxy) is 3. The van der Waals surface area contributed by atoms with Crippen LogP contribution in [-0.4, -0.2) is 36.0 Å². The predicted octanol–water partition coefficient (Wildman–Crippen LogP) is 1.25. The number of aliphatic carboxylic acids is 1. The maximum absolute atomic E-state index is 12.6. The van der Waals surface area contributed by atoms with Gasteiger partial charge in [0.2, 0.25) is 12.7 Å². The smallest absolute Gasteiger partial charge is 0.310 e. The number of benzene rings is 1. The van der Waals surface area contributed by atoms with Gasteiger partial charge in [-0.05, 0) is 24.6 Å². The van der Waals surface area contributed by atoms with E-state index in [0.29, 0.717) is 11.5 Å². The number of fused-ring (bicyclic) bond motifs is 3. The first-order chi connectivity index (χ1) is 11.5. The zero-order valence-electron chi connectivity index (χ0n) is 13.0. The van der Waals surface area contributed by atoms with Gasteiger partial charge in [0.1, 0.15) is 5.92 Å². The number of amides is 1. The number of rotatable bonds is 4. The van der Waals surface area contributed by atoms with E-state index >= 15 is 0 Å². The monoisotopic (exact) mass is 331 g/mol. The van der Waals surface area contributed by atoms with Crippen LogP contribution in [0.1, 0.15) is 18.5 Å². The number of hydrogen-bond acceptors (Lipinski definition) is 5. The second-order valence-electron chi connectivity index (χ2n) is 6.18. The molecule has 3 aliphatic rings. The van der Waals surface area contributed by atoms with E-state index in [1.54, 1.807) is 18.2 Å². The minimum absolute atomic E-state index is 0.189. The van der Waals surface area contributed by atoms with Crippen molar-refractivity contribution in [3.05, 3.63) is 35.9 Å². The molecule has 1 aromatic rings. The summed E-state index contributed by atoms with van der Waals surface area (Å²) in [4.78, 5) is 24.1. The van der Waals surface area contributed by atoms with Gasteiger partial charge in [0.25, 0.3) is 0 Å². The first kappa shape index (κ1) is 15.0. The SMILES string of the molecule is C[C@H](NC(=O)[C@@H]1[C@@H](C(=O)O)[C@H]2C=C[C@@H]1O2)c1ccc2c(c1)OCO2. The van der Waals surface area contributed by atoms with E-state index in [1.165, 1.54) is 0 Å². The van der Waals surface area contributed by atoms with E-state index in [-0.39, 0.29) is 18.7 Å². The molecule has 126 valence electrons. The van der Waals surface area contributed by atoms with Crippen molar-refractivity contribution in [3.8, 4) is 11.5 Å². The fourth-order valence-corrected chi connectivity index (χ4v) is 3.49. The Kier molecular flexibility index (Phi) is 3.45. The molecule has 0 saturated carbocycles. The molecular formula is C17H17NO6. The first-order valence-electron chi connectivity index (χ1n) is 7.81. The lowest BCUT2D eigenvalue weighted by atomic mass is 9.82. The molecule has 5 atom stereocenters. The summed E-state index contributed by atoms with van der Waals surface area (Å²) >= 11 is 0. The van der Waals surface area contributed by atoms with Gasteiger partial charge in [0, 0.05) is 0 Å². The van der Waals surface area contributed by atoms with E-state index in [2.05, 4.69) is 5.32 Å². The Balaban J connectivity index is 1.49. The standard InChI is InChI=1S/C17H17NO6/c1-8(9-2-3-10-13(6-9)23-7-22-10)18-16(19)14-11-4-5-12(24-11)15(14)17(20)21/h2-6,8,11-12,14-15H,7H2,1H3,(H,18,19)(H,20,21)/t8-,11-,12+,14-,15-/m0/s1. The minimum atomic E-state index is -1.01. The molecule has 1 amide bonds. The van der Waals surface area contributed by atoms with Crippen LogP contribution in [0.25, 0.3) is 0 Å². The molecule has 3 aliphatic heterocycles. The zero-order chi connectivity index (χ0) is 16.8. The summed E-state index contributed by atoms with van der Waals surface area (Å²) in [7, 11) is 0. The number of carboxylic acid groups (broad SMARTS) is 1. The van der Waals surface area contributed by atoms with Crippen molar-refractivity contribution in [1.29, 1.82) is 0 Å². The highest BCUT2D eigenvalue weighted by molar-refractivity contribution is 5.87. The van der Waals surface area contributed by atoms with Gasteiger partial charge in [0.05, 0.1) is 24.2 Å². The van der Waals surface area contributed by atoms with Crippen LogP contribution in [-0.2, 0) is 14.3 Å². The summed E-state index contributed by atoms with van der Waals surface area (Å²) in [5.41, 5.74) is 0.860. The maximum atomic E-state index is 12.6. The third-order valence-electron chi connectivity index (χ3n) is 4.74. The van der Waals surface area contributed by atoms with Crippen LogP contribution < -0.4 is 14.8 Å². The number of carboxylic acids is 1. The third kappa shape index (κ3) is 2.32. The Hall–Kier alpha value is -2.54. The maximum Gasteiger partial charge on any atom is 0.310 e. The molecule has 1 aromatic carbocycles. The van der Waals surface area contributed by atoms with Crippen LogP contribution in [0.2, 0.25) is 0 Å². The highest BCUT2D eigenvalue weighted by Gasteiger charge is 2.53. The van der Waals surface area contributed by atoms with E-state index in [9.17, 15) is 14.7 Å². The molecule has 0 aromatic heterocycles. The molecule has 2 bridgehead atoms. The topological polar surface area (TPSA) is 94.1 Å². The van der Waals surface area contributed by atoms with Crippen molar-refractivity contribution in [2.45, 2.75) is 25.2 Å². The molecule has 1 saturated heterocycles. The number of nitrogens with one attached hydrogen (secondary N) is 1. The van der Waals surface area contributed by atoms with Gasteiger partial charge >= 0.3 is 5.97 Å². The zero-order valence-corrected chi connectivity index (χ0v) is 13.0. The van der Waals surface area contributed by atoms with Crippen molar-refractivity contribution in [3.63, 3.8) is 0 Å². The third-order valence-corrected chi connectivity index (χ3v) is 4.74. The first-order valence-corrected chi connectivity index (χ1v) is 7.81. The molecule has 4 rings (SSSR count). The summed E-state index contributed by atoms with van der Waals surface area (Å²) in [5.74, 6) is -1.57. The molecule has 0 aliphatic carbocycles. The molecular weight excluding hydrogens is 314 g/mol. The average molecular weight is 331 g/mol. The summed E-state index contributed by atoms with van der Waals surface area (Å²) in [5, 5.41) is 12.3. The molecule has 2 N–H and O–H groups in total. The number of hydrogen-bond donors (Lipinski definition) is 2. The number of carbonyl (C=O) groups is 2. The Bertz CT molecular complexity index is 730. The molecule has 0 radical (unpaired) electrons. The summed E-state index contributed by atoms with van der Waals surface area (Å²) in [6.45, 7) is 2.03. The van der Waals surface area contributed by atoms with Gasteiger partial charge in [-0.2, -0.15) is 0 Å². The molecule has 24 heavy (non-hydrogen) atoms. The van der Waals surface area contributed by atoms with Crippen molar-refractivity contribution in [2.75, 3.05) is 6.79 Å². The second-order valence-corrected chi connectivity index (χ2v) is 6.18. The van der Waals surface area contributed by atoms with E-state index in [4.69, 9.17) is 14.2 Å². The highest BCUT2D eigenvalue weighted by atomic mass is 16.7. The molecule has 1 fully saturated rings. The molecule has 7 nitrogen and oxygen atoms in total. The predicted molar refractivity (Wildman–Crippen MR) is 81.5 cm³/mol. The van der Waals surface area contributed by atoms with Crippen molar-refractivity contribution in [1.82, 2.24) is 5.32 Å². The van der Waals surface area contributed by atoms with Gasteiger partial charge in [0.15, 0.2) is 11.5 Å². The van der Waals surface area contributed by atoms with Crippen LogP contribution in [0.4, 0.5) is 0 Å². The van der Waals surface area contributed by atoms with Gasteiger partial charge in [-0.15, -0.1) is 0 Å². The van der Waals surface area contributed by atoms with Crippen LogP contribution in [0.5, 0.6) is 11.5 Å². The minimum Gasteiger partial charge on any atom is -0.481 e. The van der Waals surface area contributed by atoms with Crippen LogP contribution in [0.3, 0.4) is 0 Å². The average Bonchev–Trinajstić information content (AvgIpc) is 3.28. The Labute approximate surface area is 138 Å². The van der Waals surface area contributed by atoms with E-state index in [0.717, 1.165) is 5.56 Å². The Morgan fingerprint density at radius 3 is 2.62 bits per heavy atom. The molecule has 0 unspecified atom stereocenters. The van der Waals surface area contributed by atoms with Gasteiger partial charge in [-0.25, -0.2) is 0 Å². The lowest BCUT2D eigenvalue weighted by Crippen LogP contribution is -2.43. The Morgan fingerprint density at radius 2 is 1.88 bits per heavy atom. The fraction of sp³-hybridized carbons (Fsp3) is 0.412. The summed E-state index contributed by atoms with van der Waals surface area (Å²) in [6.07, 6.45) is 2.48. The van der Waals surface area contributed by atoms with Crippen molar-refractivity contribution in [2.24, 2.45) is 11.8 Å². The molecule has 0 spiro atoms. The van der Waals surface area contributed by atoms with Gasteiger partial charge < -0.3 is 24.6 Å². The van der Waals surface area contributed by atoms with Gasteiger partial charge in [-0.1, -0.05) is 18.2 Å². The summed E-state index contributed by atoms with van der Waals surface area (Å²) < 4.78 is 16.1. The van der Waals surface area contributed by atoms with E-state index in [1.807, 2.05) is 19.1 Å². The second kappa shape index (κ2) is 5.52. The quantitative estimate of drug-likeness (QED) is 0.807. The van der Waals surface area contributed by atoms with Crippen LogP contribution >= 0.6 is 0 Å². The van der Waals surface area contributed by atoms with Crippen molar-refractivity contribution < 1.29 is 28.9 Å². The highest BCUT2D eigenvalue weighted by Crippen LogP contribution is 2.40. The number of carbonyl (C=O) groups excluding carboxylic acids is 1. The lowest BCUT2D eigenvalue weighted by Gasteiger charge is -2.23. The van der Waals surface area contributed by atoms with Crippen LogP contribution in [0, 0.1) is 11.8 Å². The molecule has 3 heterocycles. The van der Waals surface area contributed by atoms with Gasteiger partial charge in [-0.3, -0.25) is 9.59 Å². The Morgan fingerprint density at radius 1 is 1.17 bits per heavy atom. The van der Waals surface area contributed by atoms with Crippen molar-refractivity contribution >= 4 is 11.9 Å². The largest absolute Gasteiger partial charge is 0.481 e. The molecule has 7 heteroatoms. The lowest BCUT2D eigenvalue weighted by molar-refractivity contribution is -0.146. The summed E-state index contributed by atoms with van der Waals surface area (Å²) in [6, 6.07) is 5.18. The van der Waals surface area contributed by atoms with Crippen LogP contribution in [0.15, 0.2) is 30.4 Å².